The van der Waals surface area contributed by atoms with Crippen LogP contribution in [0.25, 0.3) is 11.4 Å². The molecule has 0 aliphatic rings. The summed E-state index contributed by atoms with van der Waals surface area (Å²) in [5.74, 6) is 1.34. The third-order valence-electron chi connectivity index (χ3n) is 4.09. The number of aromatic nitrogens is 3. The van der Waals surface area contributed by atoms with Crippen molar-refractivity contribution in [3.63, 3.8) is 0 Å². The Morgan fingerprint density at radius 3 is 2.79 bits per heavy atom. The molecule has 148 valence electrons. The van der Waals surface area contributed by atoms with Crippen molar-refractivity contribution in [3.8, 4) is 23.2 Å². The Hall–Kier alpha value is -3.02. The second-order valence-corrected chi connectivity index (χ2v) is 7.24. The second kappa shape index (κ2) is 9.45. The van der Waals surface area contributed by atoms with Gasteiger partial charge in [0.2, 0.25) is 5.91 Å². The maximum absolute atomic E-state index is 12.3. The molecule has 1 aromatic heterocycles. The monoisotopic (exact) mass is 427 g/mol. The summed E-state index contributed by atoms with van der Waals surface area (Å²) in [6.07, 6.45) is 0. The number of anilines is 1. The number of carbonyl (C=O) groups excluding carboxylic acids is 1. The lowest BCUT2D eigenvalue weighted by molar-refractivity contribution is -0.113. The molecular weight excluding hydrogens is 410 g/mol. The lowest BCUT2D eigenvalue weighted by Gasteiger charge is -2.10. The number of hydrogen-bond acceptors (Lipinski definition) is 6. The molecule has 0 fully saturated rings. The van der Waals surface area contributed by atoms with Crippen LogP contribution in [0.5, 0.6) is 5.75 Å². The van der Waals surface area contributed by atoms with Crippen molar-refractivity contribution < 1.29 is 9.53 Å². The summed E-state index contributed by atoms with van der Waals surface area (Å²) in [6.45, 7) is 2.64. The van der Waals surface area contributed by atoms with Gasteiger partial charge in [0.15, 0.2) is 11.0 Å². The Balaban J connectivity index is 1.71. The van der Waals surface area contributed by atoms with Crippen LogP contribution in [-0.2, 0) is 11.3 Å². The SMILES string of the molecule is CCn1c(SCC(=O)Nc2ccc(C#N)c(Cl)c2)nnc1-c1ccccc1OC. The lowest BCUT2D eigenvalue weighted by atomic mass is 10.2. The summed E-state index contributed by atoms with van der Waals surface area (Å²) < 4.78 is 7.36. The molecule has 0 unspecified atom stereocenters. The molecule has 1 amide bonds. The average molecular weight is 428 g/mol. The van der Waals surface area contributed by atoms with Gasteiger partial charge in [-0.25, -0.2) is 0 Å². The van der Waals surface area contributed by atoms with E-state index in [-0.39, 0.29) is 11.7 Å². The average Bonchev–Trinajstić information content (AvgIpc) is 3.15. The second-order valence-electron chi connectivity index (χ2n) is 5.89. The molecule has 2 aromatic carbocycles. The highest BCUT2D eigenvalue weighted by molar-refractivity contribution is 7.99. The number of nitriles is 1. The van der Waals surface area contributed by atoms with Crippen LogP contribution in [0.4, 0.5) is 5.69 Å². The van der Waals surface area contributed by atoms with E-state index in [0.717, 1.165) is 5.56 Å². The number of benzene rings is 2. The Labute approximate surface area is 177 Å². The fourth-order valence-electron chi connectivity index (χ4n) is 2.72. The fourth-order valence-corrected chi connectivity index (χ4v) is 3.74. The number of ether oxygens (including phenoxy) is 1. The highest BCUT2D eigenvalue weighted by atomic mass is 35.5. The first-order chi connectivity index (χ1) is 14.1. The molecule has 1 heterocycles. The maximum atomic E-state index is 12.3. The van der Waals surface area contributed by atoms with Crippen LogP contribution in [0.3, 0.4) is 0 Å². The number of nitrogens with one attached hydrogen (secondary N) is 1. The number of rotatable bonds is 7. The van der Waals surface area contributed by atoms with E-state index in [2.05, 4.69) is 15.5 Å². The van der Waals surface area contributed by atoms with Gasteiger partial charge in [0, 0.05) is 12.2 Å². The number of carbonyl (C=O) groups is 1. The number of nitrogens with zero attached hydrogens (tertiary/aromatic N) is 4. The molecule has 0 aliphatic heterocycles. The van der Waals surface area contributed by atoms with Crippen LogP contribution in [0.2, 0.25) is 5.02 Å². The van der Waals surface area contributed by atoms with Gasteiger partial charge in [-0.3, -0.25) is 4.79 Å². The lowest BCUT2D eigenvalue weighted by Crippen LogP contribution is -2.14. The molecule has 9 heteroatoms. The summed E-state index contributed by atoms with van der Waals surface area (Å²) in [4.78, 5) is 12.3. The van der Waals surface area contributed by atoms with Gasteiger partial charge in [-0.2, -0.15) is 5.26 Å². The molecule has 0 radical (unpaired) electrons. The molecule has 1 N–H and O–H groups in total. The van der Waals surface area contributed by atoms with E-state index in [4.69, 9.17) is 21.6 Å². The molecule has 3 aromatic rings. The van der Waals surface area contributed by atoms with E-state index in [1.54, 1.807) is 25.3 Å². The largest absolute Gasteiger partial charge is 0.496 e. The van der Waals surface area contributed by atoms with Gasteiger partial charge in [0.25, 0.3) is 0 Å². The molecule has 0 saturated heterocycles. The van der Waals surface area contributed by atoms with E-state index in [0.29, 0.717) is 39.5 Å². The molecule has 0 atom stereocenters. The van der Waals surface area contributed by atoms with E-state index in [9.17, 15) is 4.79 Å². The molecular formula is C20H18ClN5O2S. The van der Waals surface area contributed by atoms with Crippen LogP contribution in [0.15, 0.2) is 47.6 Å². The molecule has 0 bridgehead atoms. The van der Waals surface area contributed by atoms with Gasteiger partial charge in [-0.15, -0.1) is 10.2 Å². The summed E-state index contributed by atoms with van der Waals surface area (Å²) in [5, 5.41) is 21.2. The van der Waals surface area contributed by atoms with Crippen molar-refractivity contribution in [1.82, 2.24) is 14.8 Å². The molecule has 0 spiro atoms. The minimum atomic E-state index is -0.208. The first-order valence-corrected chi connectivity index (χ1v) is 10.1. The zero-order chi connectivity index (χ0) is 20.8. The van der Waals surface area contributed by atoms with Crippen molar-refractivity contribution in [1.29, 1.82) is 5.26 Å². The Morgan fingerprint density at radius 1 is 1.31 bits per heavy atom. The molecule has 29 heavy (non-hydrogen) atoms. The number of halogens is 1. The Kier molecular flexibility index (Phi) is 6.75. The normalized spacial score (nSPS) is 10.4. The summed E-state index contributed by atoms with van der Waals surface area (Å²) in [7, 11) is 1.61. The van der Waals surface area contributed by atoms with Crippen LogP contribution in [0, 0.1) is 11.3 Å². The smallest absolute Gasteiger partial charge is 0.234 e. The van der Waals surface area contributed by atoms with Crippen LogP contribution < -0.4 is 10.1 Å². The highest BCUT2D eigenvalue weighted by Crippen LogP contribution is 2.30. The number of hydrogen-bond donors (Lipinski definition) is 1. The zero-order valence-corrected chi connectivity index (χ0v) is 17.4. The zero-order valence-electron chi connectivity index (χ0n) is 15.8. The molecule has 0 saturated carbocycles. The molecule has 3 rings (SSSR count). The number of amides is 1. The summed E-state index contributed by atoms with van der Waals surface area (Å²) in [6, 6.07) is 14.3. The first-order valence-electron chi connectivity index (χ1n) is 8.76. The van der Waals surface area contributed by atoms with Gasteiger partial charge in [-0.1, -0.05) is 35.5 Å². The Morgan fingerprint density at radius 2 is 2.10 bits per heavy atom. The van der Waals surface area contributed by atoms with Crippen LogP contribution >= 0.6 is 23.4 Å². The van der Waals surface area contributed by atoms with Crippen molar-refractivity contribution in [2.45, 2.75) is 18.6 Å². The van der Waals surface area contributed by atoms with Crippen molar-refractivity contribution in [2.75, 3.05) is 18.2 Å². The van der Waals surface area contributed by atoms with Gasteiger partial charge in [0.1, 0.15) is 11.8 Å². The van der Waals surface area contributed by atoms with E-state index < -0.39 is 0 Å². The minimum absolute atomic E-state index is 0.154. The third kappa shape index (κ3) is 4.70. The third-order valence-corrected chi connectivity index (χ3v) is 5.37. The first kappa shape index (κ1) is 20.7. The van der Waals surface area contributed by atoms with E-state index in [1.165, 1.54) is 11.8 Å². The highest BCUT2D eigenvalue weighted by Gasteiger charge is 2.17. The maximum Gasteiger partial charge on any atom is 0.234 e. The minimum Gasteiger partial charge on any atom is -0.496 e. The van der Waals surface area contributed by atoms with E-state index >= 15 is 0 Å². The predicted molar refractivity (Wildman–Crippen MR) is 113 cm³/mol. The van der Waals surface area contributed by atoms with Gasteiger partial charge >= 0.3 is 0 Å². The standard InChI is InChI=1S/C20H18ClN5O2S/c1-3-26-19(15-6-4-5-7-17(15)28-2)24-25-20(26)29-12-18(27)23-14-9-8-13(11-22)16(21)10-14/h4-10H,3,12H2,1-2H3,(H,23,27). The van der Waals surface area contributed by atoms with Gasteiger partial charge in [-0.05, 0) is 37.3 Å². The summed E-state index contributed by atoms with van der Waals surface area (Å²) >= 11 is 7.29. The quantitative estimate of drug-likeness (QED) is 0.567. The number of thioether (sulfide) groups is 1. The summed E-state index contributed by atoms with van der Waals surface area (Å²) in [5.41, 5.74) is 1.73. The Bertz CT molecular complexity index is 1080. The van der Waals surface area contributed by atoms with Crippen molar-refractivity contribution >= 4 is 35.0 Å². The number of para-hydroxylation sites is 1. The molecule has 0 aliphatic carbocycles. The number of methoxy groups -OCH3 is 1. The van der Waals surface area contributed by atoms with Crippen molar-refractivity contribution in [3.05, 3.63) is 53.1 Å². The van der Waals surface area contributed by atoms with Gasteiger partial charge in [0.05, 0.1) is 29.0 Å². The van der Waals surface area contributed by atoms with E-state index in [1.807, 2.05) is 41.8 Å². The van der Waals surface area contributed by atoms with Crippen LogP contribution in [0.1, 0.15) is 12.5 Å². The molecule has 7 nitrogen and oxygen atoms in total. The topological polar surface area (TPSA) is 92.8 Å². The van der Waals surface area contributed by atoms with Crippen molar-refractivity contribution in [2.24, 2.45) is 0 Å². The fraction of sp³-hybridized carbons (Fsp3) is 0.200. The predicted octanol–water partition coefficient (Wildman–Crippen LogP) is 4.23. The van der Waals surface area contributed by atoms with Crippen LogP contribution in [-0.4, -0.2) is 33.5 Å². The van der Waals surface area contributed by atoms with Gasteiger partial charge < -0.3 is 14.6 Å².